The second kappa shape index (κ2) is 13.1. The highest BCUT2D eigenvalue weighted by Gasteiger charge is 2.41. The van der Waals surface area contributed by atoms with E-state index < -0.39 is 17.8 Å². The first kappa shape index (κ1) is 31.1. The third-order valence-corrected chi connectivity index (χ3v) is 9.25. The van der Waals surface area contributed by atoms with Crippen molar-refractivity contribution in [3.05, 3.63) is 94.3 Å². The first-order valence-electron chi connectivity index (χ1n) is 15.7. The molecule has 1 N–H and O–H groups in total. The van der Waals surface area contributed by atoms with Crippen LogP contribution in [0.3, 0.4) is 0 Å². The number of carbonyl (C=O) groups is 2. The molecule has 2 heterocycles. The number of carbonyl (C=O) groups excluding carboxylic acids is 2. The number of nitrogens with zero attached hydrogens (tertiary/aromatic N) is 2. The molecule has 0 aromatic heterocycles. The van der Waals surface area contributed by atoms with Crippen LogP contribution in [0.1, 0.15) is 80.0 Å². The molecule has 0 bridgehead atoms. The summed E-state index contributed by atoms with van der Waals surface area (Å²) in [6, 6.07) is 12.8. The van der Waals surface area contributed by atoms with Gasteiger partial charge >= 0.3 is 0 Å². The molecule has 2 fully saturated rings. The Morgan fingerprint density at radius 3 is 2.56 bits per heavy atom. The van der Waals surface area contributed by atoms with Crippen molar-refractivity contribution in [3.8, 4) is 0 Å². The molecule has 4 atom stereocenters. The van der Waals surface area contributed by atoms with Gasteiger partial charge in [0.25, 0.3) is 5.91 Å². The molecule has 2 aromatic carbocycles. The largest absolute Gasteiger partial charge is 0.379 e. The Balaban J connectivity index is 1.43. The van der Waals surface area contributed by atoms with E-state index in [0.29, 0.717) is 31.0 Å². The highest BCUT2D eigenvalue weighted by Crippen LogP contribution is 2.39. The van der Waals surface area contributed by atoms with Crippen LogP contribution in [0.25, 0.3) is 0 Å². The predicted octanol–water partition coefficient (Wildman–Crippen LogP) is 6.37. The summed E-state index contributed by atoms with van der Waals surface area (Å²) in [6.07, 6.45) is 8.30. The van der Waals surface area contributed by atoms with Crippen molar-refractivity contribution in [1.82, 2.24) is 15.1 Å². The summed E-state index contributed by atoms with van der Waals surface area (Å²) in [5, 5.41) is 3.29. The minimum absolute atomic E-state index is 0.0166. The van der Waals surface area contributed by atoms with E-state index in [-0.39, 0.29) is 28.8 Å². The number of nitrogens with one attached hydrogen (secondary N) is 1. The highest BCUT2D eigenvalue weighted by atomic mass is 19.1. The molecule has 2 saturated heterocycles. The van der Waals surface area contributed by atoms with Crippen molar-refractivity contribution < 1.29 is 18.7 Å². The maximum atomic E-state index is 15.0. The van der Waals surface area contributed by atoms with E-state index in [4.69, 9.17) is 4.74 Å². The van der Waals surface area contributed by atoms with Gasteiger partial charge in [-0.2, -0.15) is 0 Å². The Kier molecular flexibility index (Phi) is 9.52. The van der Waals surface area contributed by atoms with E-state index in [1.807, 2.05) is 24.3 Å². The van der Waals surface area contributed by atoms with E-state index in [2.05, 4.69) is 56.1 Å². The van der Waals surface area contributed by atoms with E-state index in [9.17, 15) is 9.59 Å². The van der Waals surface area contributed by atoms with Crippen LogP contribution >= 0.6 is 0 Å². The van der Waals surface area contributed by atoms with Gasteiger partial charge in [0.05, 0.1) is 36.8 Å². The van der Waals surface area contributed by atoms with Crippen LogP contribution in [-0.4, -0.2) is 60.0 Å². The van der Waals surface area contributed by atoms with Crippen LogP contribution in [0.5, 0.6) is 0 Å². The van der Waals surface area contributed by atoms with Crippen LogP contribution < -0.4 is 5.32 Å². The van der Waals surface area contributed by atoms with Crippen LogP contribution in [-0.2, 0) is 16.1 Å². The van der Waals surface area contributed by atoms with Gasteiger partial charge in [0, 0.05) is 25.7 Å². The van der Waals surface area contributed by atoms with Gasteiger partial charge in [-0.15, -0.1) is 0 Å². The molecule has 3 unspecified atom stereocenters. The number of rotatable bonds is 6. The molecule has 2 aliphatic heterocycles. The summed E-state index contributed by atoms with van der Waals surface area (Å²) in [7, 11) is 0. The quantitative estimate of drug-likeness (QED) is 0.427. The molecule has 6 nitrogen and oxygen atoms in total. The molecular weight excluding hydrogens is 541 g/mol. The fourth-order valence-electron chi connectivity index (χ4n) is 6.63. The average molecular weight is 588 g/mol. The Morgan fingerprint density at radius 1 is 1.09 bits per heavy atom. The molecule has 0 saturated carbocycles. The van der Waals surface area contributed by atoms with Gasteiger partial charge in [-0.25, -0.2) is 4.39 Å². The second-order valence-electron chi connectivity index (χ2n) is 13.4. The van der Waals surface area contributed by atoms with Crippen LogP contribution in [0.15, 0.2) is 66.3 Å². The third-order valence-electron chi connectivity index (χ3n) is 9.25. The first-order valence-corrected chi connectivity index (χ1v) is 15.7. The number of halogens is 1. The normalized spacial score (nSPS) is 24.9. The van der Waals surface area contributed by atoms with Crippen molar-refractivity contribution in [3.63, 3.8) is 0 Å². The zero-order valence-corrected chi connectivity index (χ0v) is 26.2. The molecule has 2 aromatic rings. The van der Waals surface area contributed by atoms with Crippen LogP contribution in [0.4, 0.5) is 4.39 Å². The monoisotopic (exact) mass is 587 g/mol. The van der Waals surface area contributed by atoms with Crippen molar-refractivity contribution in [2.75, 3.05) is 26.3 Å². The summed E-state index contributed by atoms with van der Waals surface area (Å²) in [5.41, 5.74) is 4.06. The van der Waals surface area contributed by atoms with Crippen LogP contribution in [0, 0.1) is 24.1 Å². The molecule has 5 rings (SSSR count). The van der Waals surface area contributed by atoms with Crippen molar-refractivity contribution in [2.24, 2.45) is 11.3 Å². The van der Waals surface area contributed by atoms with Crippen LogP contribution in [0.2, 0.25) is 0 Å². The summed E-state index contributed by atoms with van der Waals surface area (Å²) < 4.78 is 20.6. The number of morpholine rings is 1. The molecular formula is C36H46FN3O3. The summed E-state index contributed by atoms with van der Waals surface area (Å²) in [6.45, 7) is 14.1. The molecule has 3 aliphatic rings. The maximum absolute atomic E-state index is 15.0. The zero-order valence-electron chi connectivity index (χ0n) is 26.2. The Morgan fingerprint density at radius 2 is 1.86 bits per heavy atom. The van der Waals surface area contributed by atoms with E-state index in [0.717, 1.165) is 38.3 Å². The minimum atomic E-state index is -0.529. The fraction of sp³-hybridized carbons (Fsp3) is 0.500. The number of piperidine rings is 1. The highest BCUT2D eigenvalue weighted by molar-refractivity contribution is 5.97. The lowest BCUT2D eigenvalue weighted by molar-refractivity contribution is -0.128. The summed E-state index contributed by atoms with van der Waals surface area (Å²) in [4.78, 5) is 32.2. The average Bonchev–Trinajstić information content (AvgIpc) is 2.98. The number of benzene rings is 2. The van der Waals surface area contributed by atoms with Gasteiger partial charge in [-0.3, -0.25) is 14.5 Å². The molecule has 43 heavy (non-hydrogen) atoms. The third kappa shape index (κ3) is 7.10. The molecule has 0 radical (unpaired) electrons. The number of hydrogen-bond donors (Lipinski definition) is 1. The Bertz CT molecular complexity index is 1360. The van der Waals surface area contributed by atoms with Gasteiger partial charge in [0.1, 0.15) is 5.82 Å². The smallest absolute Gasteiger partial charge is 0.257 e. The molecule has 2 amide bonds. The number of amides is 2. The van der Waals surface area contributed by atoms with Crippen molar-refractivity contribution in [1.29, 1.82) is 0 Å². The van der Waals surface area contributed by atoms with Gasteiger partial charge < -0.3 is 15.0 Å². The first-order chi connectivity index (χ1) is 20.5. The number of ether oxygens (including phenoxy) is 1. The van der Waals surface area contributed by atoms with E-state index >= 15 is 4.39 Å². The topological polar surface area (TPSA) is 61.9 Å². The maximum Gasteiger partial charge on any atom is 0.257 e. The predicted molar refractivity (Wildman–Crippen MR) is 168 cm³/mol. The summed E-state index contributed by atoms with van der Waals surface area (Å²) >= 11 is 0. The lowest BCUT2D eigenvalue weighted by atomic mass is 9.80. The molecule has 7 heteroatoms. The Labute approximate surface area is 256 Å². The minimum Gasteiger partial charge on any atom is -0.379 e. The lowest BCUT2D eigenvalue weighted by Crippen LogP contribution is -2.49. The number of aryl methyl sites for hydroxylation is 1. The Hall–Kier alpha value is -3.29. The SMILES string of the molecule is Cc1cccc(F)c1C(=O)N1CCCC(C(=O)NC2C=CC=C(C(C)(C)C)C2)C1c1ccc(CN2CCOC[C@@H]2C)cc1. The van der Waals surface area contributed by atoms with Gasteiger partial charge in [0.2, 0.25) is 5.91 Å². The molecule has 230 valence electrons. The number of allylic oxidation sites excluding steroid dienone is 2. The van der Waals surface area contributed by atoms with Gasteiger partial charge in [-0.1, -0.05) is 81.0 Å². The zero-order chi connectivity index (χ0) is 30.7. The fourth-order valence-corrected chi connectivity index (χ4v) is 6.63. The summed E-state index contributed by atoms with van der Waals surface area (Å²) in [5.74, 6) is -1.41. The van der Waals surface area contributed by atoms with Gasteiger partial charge in [-0.05, 0) is 61.3 Å². The van der Waals surface area contributed by atoms with E-state index in [1.165, 1.54) is 17.2 Å². The number of hydrogen-bond acceptors (Lipinski definition) is 4. The van der Waals surface area contributed by atoms with E-state index in [1.54, 1.807) is 24.0 Å². The molecule has 0 spiro atoms. The standard InChI is InChI=1S/C36H46FN3O3/c1-24-9-6-13-31(37)32(24)35(42)40-18-8-12-30(34(41)38-29-11-7-10-28(21-29)36(3,4)5)33(40)27-16-14-26(15-17-27)22-39-19-20-43-23-25(39)2/h6-7,9-11,13-17,25,29-30,33H,8,12,18-23H2,1-5H3,(H,38,41)/t25-,29?,30?,33?/m0/s1. The van der Waals surface area contributed by atoms with Crippen molar-refractivity contribution in [2.45, 2.75) is 78.6 Å². The lowest BCUT2D eigenvalue weighted by Gasteiger charge is -2.42. The van der Waals surface area contributed by atoms with Crippen molar-refractivity contribution >= 4 is 11.8 Å². The van der Waals surface area contributed by atoms with Gasteiger partial charge in [0.15, 0.2) is 0 Å². The molecule has 1 aliphatic carbocycles. The number of likely N-dealkylation sites (tertiary alicyclic amines) is 1. The second-order valence-corrected chi connectivity index (χ2v) is 13.4.